The van der Waals surface area contributed by atoms with Crippen LogP contribution in [0, 0.1) is 5.92 Å². The first-order valence-electron chi connectivity index (χ1n) is 10.6. The van der Waals surface area contributed by atoms with Crippen molar-refractivity contribution >= 4 is 23.9 Å². The van der Waals surface area contributed by atoms with Gasteiger partial charge in [-0.1, -0.05) is 61.5 Å². The van der Waals surface area contributed by atoms with E-state index in [0.717, 1.165) is 0 Å². The lowest BCUT2D eigenvalue weighted by atomic mass is 9.95. The van der Waals surface area contributed by atoms with Crippen LogP contribution in [-0.2, 0) is 13.8 Å². The average Bonchev–Trinajstić information content (AvgIpc) is 2.81. The molecule has 162 valence electrons. The van der Waals surface area contributed by atoms with E-state index < -0.39 is 19.6 Å². The zero-order valence-corrected chi connectivity index (χ0v) is 19.1. The highest BCUT2D eigenvalue weighted by atomic mass is 31.2. The molecule has 3 rings (SSSR count). The average molecular weight is 436 g/mol. The van der Waals surface area contributed by atoms with Crippen molar-refractivity contribution in [2.24, 2.45) is 5.92 Å². The summed E-state index contributed by atoms with van der Waals surface area (Å²) in [7, 11) is -3.32. The molecule has 0 N–H and O–H groups in total. The third kappa shape index (κ3) is 5.52. The van der Waals surface area contributed by atoms with Gasteiger partial charge in [0, 0.05) is 16.5 Å². The molecule has 4 nitrogen and oxygen atoms in total. The third-order valence-corrected chi connectivity index (χ3v) is 8.07. The molecule has 3 atom stereocenters. The first kappa shape index (κ1) is 23.0. The van der Waals surface area contributed by atoms with Crippen LogP contribution in [0.2, 0.25) is 0 Å². The Kier molecular flexibility index (Phi) is 7.84. The highest BCUT2D eigenvalue weighted by molar-refractivity contribution is 7.74. The molecule has 0 aliphatic heterocycles. The topological polar surface area (TPSA) is 52.6 Å². The lowest BCUT2D eigenvalue weighted by Gasteiger charge is -2.31. The lowest BCUT2D eigenvalue weighted by Crippen LogP contribution is -2.34. The van der Waals surface area contributed by atoms with E-state index in [1.54, 1.807) is 24.3 Å². The molecule has 3 aromatic carbocycles. The Bertz CT molecular complexity index is 962. The highest BCUT2D eigenvalue weighted by Crippen LogP contribution is 2.47. The van der Waals surface area contributed by atoms with E-state index in [-0.39, 0.29) is 11.9 Å². The van der Waals surface area contributed by atoms with Crippen molar-refractivity contribution in [3.63, 3.8) is 0 Å². The molecule has 0 radical (unpaired) electrons. The molecule has 0 fully saturated rings. The summed E-state index contributed by atoms with van der Waals surface area (Å²) in [6.07, 6.45) is -0.0731. The molecule has 0 heterocycles. The quantitative estimate of drug-likeness (QED) is 0.324. The maximum atomic E-state index is 14.2. The molecule has 31 heavy (non-hydrogen) atoms. The fourth-order valence-corrected chi connectivity index (χ4v) is 6.07. The fourth-order valence-electron chi connectivity index (χ4n) is 3.78. The molecule has 0 aliphatic carbocycles. The summed E-state index contributed by atoms with van der Waals surface area (Å²) in [5.74, 6) is -0.485. The van der Waals surface area contributed by atoms with Gasteiger partial charge in [0.2, 0.25) is 0 Å². The number of esters is 1. The van der Waals surface area contributed by atoms with Crippen LogP contribution in [0.5, 0.6) is 0 Å². The molecule has 0 saturated carbocycles. The van der Waals surface area contributed by atoms with Crippen LogP contribution in [0.15, 0.2) is 91.0 Å². The summed E-state index contributed by atoms with van der Waals surface area (Å²) in [4.78, 5) is 12.5. The van der Waals surface area contributed by atoms with Crippen molar-refractivity contribution < 1.29 is 18.6 Å². The Morgan fingerprint density at radius 2 is 1.23 bits per heavy atom. The first-order chi connectivity index (χ1) is 15.0. The molecular formula is C26H29O4P. The Labute approximate surface area is 184 Å². The van der Waals surface area contributed by atoms with Gasteiger partial charge in [-0.05, 0) is 56.7 Å². The van der Waals surface area contributed by atoms with Crippen LogP contribution in [-0.4, -0.2) is 18.2 Å². The Balaban J connectivity index is 1.82. The van der Waals surface area contributed by atoms with Gasteiger partial charge < -0.3 is 9.26 Å². The molecule has 0 aliphatic rings. The van der Waals surface area contributed by atoms with Crippen molar-refractivity contribution in [3.8, 4) is 0 Å². The number of carbonyl (C=O) groups is 1. The summed E-state index contributed by atoms with van der Waals surface area (Å²) in [6.45, 7) is 5.79. The van der Waals surface area contributed by atoms with Gasteiger partial charge in [-0.3, -0.25) is 4.57 Å². The minimum absolute atomic E-state index is 0.117. The minimum Gasteiger partial charge on any atom is -0.459 e. The van der Waals surface area contributed by atoms with Crippen LogP contribution in [0.1, 0.15) is 37.6 Å². The van der Waals surface area contributed by atoms with Crippen molar-refractivity contribution in [2.75, 3.05) is 0 Å². The predicted octanol–water partition coefficient (Wildman–Crippen LogP) is 5.59. The fraction of sp³-hybridized carbons (Fsp3) is 0.269. The SMILES string of the molecule is CCC(C(C)OC(=O)c1ccccc1)C(C)OP(=O)(c1ccccc1)c1ccccc1. The van der Waals surface area contributed by atoms with Gasteiger partial charge in [-0.25, -0.2) is 4.79 Å². The van der Waals surface area contributed by atoms with E-state index in [1.807, 2.05) is 87.5 Å². The van der Waals surface area contributed by atoms with Gasteiger partial charge >= 0.3 is 5.97 Å². The molecule has 0 spiro atoms. The van der Waals surface area contributed by atoms with Crippen LogP contribution < -0.4 is 10.6 Å². The predicted molar refractivity (Wildman–Crippen MR) is 125 cm³/mol. The summed E-state index contributed by atoms with van der Waals surface area (Å²) in [5, 5.41) is 1.30. The smallest absolute Gasteiger partial charge is 0.338 e. The van der Waals surface area contributed by atoms with E-state index in [0.29, 0.717) is 22.6 Å². The van der Waals surface area contributed by atoms with Crippen LogP contribution in [0.4, 0.5) is 0 Å². The normalized spacial score (nSPS) is 14.4. The summed E-state index contributed by atoms with van der Waals surface area (Å²) >= 11 is 0. The second kappa shape index (κ2) is 10.6. The monoisotopic (exact) mass is 436 g/mol. The first-order valence-corrected chi connectivity index (χ1v) is 12.2. The largest absolute Gasteiger partial charge is 0.459 e. The Morgan fingerprint density at radius 3 is 1.68 bits per heavy atom. The van der Waals surface area contributed by atoms with E-state index in [4.69, 9.17) is 9.26 Å². The van der Waals surface area contributed by atoms with Gasteiger partial charge in [0.05, 0.1) is 11.7 Å². The molecule has 0 saturated heterocycles. The molecule has 0 bridgehead atoms. The van der Waals surface area contributed by atoms with E-state index in [2.05, 4.69) is 0 Å². The zero-order valence-electron chi connectivity index (χ0n) is 18.2. The number of rotatable bonds is 9. The van der Waals surface area contributed by atoms with Gasteiger partial charge in [0.1, 0.15) is 6.10 Å². The van der Waals surface area contributed by atoms with Gasteiger partial charge in [-0.2, -0.15) is 0 Å². The number of benzene rings is 3. The highest BCUT2D eigenvalue weighted by Gasteiger charge is 2.35. The molecular weight excluding hydrogens is 407 g/mol. The van der Waals surface area contributed by atoms with E-state index >= 15 is 0 Å². The van der Waals surface area contributed by atoms with Crippen molar-refractivity contribution in [2.45, 2.75) is 39.4 Å². The summed E-state index contributed by atoms with van der Waals surface area (Å²) < 4.78 is 26.2. The number of hydrogen-bond acceptors (Lipinski definition) is 4. The lowest BCUT2D eigenvalue weighted by molar-refractivity contribution is -0.00144. The molecule has 3 aromatic rings. The van der Waals surface area contributed by atoms with E-state index in [9.17, 15) is 9.36 Å². The summed E-state index contributed by atoms with van der Waals surface area (Å²) in [6, 6.07) is 27.5. The Hall–Kier alpha value is -2.68. The zero-order chi connectivity index (χ0) is 22.3. The third-order valence-electron chi connectivity index (χ3n) is 5.49. The molecule has 0 aromatic heterocycles. The maximum Gasteiger partial charge on any atom is 0.338 e. The number of ether oxygens (including phenoxy) is 1. The molecule has 0 amide bonds. The van der Waals surface area contributed by atoms with Crippen molar-refractivity contribution in [1.82, 2.24) is 0 Å². The van der Waals surface area contributed by atoms with Crippen molar-refractivity contribution in [3.05, 3.63) is 96.6 Å². The summed E-state index contributed by atoms with van der Waals surface area (Å²) in [5.41, 5.74) is 0.511. The number of hydrogen-bond donors (Lipinski definition) is 0. The minimum atomic E-state index is -3.32. The van der Waals surface area contributed by atoms with Gasteiger partial charge in [0.15, 0.2) is 0 Å². The standard InChI is InChI=1S/C26H29O4P/c1-4-25(20(2)29-26(27)22-14-8-5-9-15-22)21(3)30-31(28,23-16-10-6-11-17-23)24-18-12-7-13-19-24/h5-21,25H,4H2,1-3H3. The van der Waals surface area contributed by atoms with E-state index in [1.165, 1.54) is 0 Å². The van der Waals surface area contributed by atoms with Crippen LogP contribution in [0.3, 0.4) is 0 Å². The number of carbonyl (C=O) groups excluding carboxylic acids is 1. The van der Waals surface area contributed by atoms with Crippen LogP contribution in [0.25, 0.3) is 0 Å². The van der Waals surface area contributed by atoms with Gasteiger partial charge in [0.25, 0.3) is 7.37 Å². The molecule has 5 heteroatoms. The maximum absolute atomic E-state index is 14.2. The van der Waals surface area contributed by atoms with Crippen LogP contribution >= 0.6 is 7.37 Å². The Morgan fingerprint density at radius 1 is 0.774 bits per heavy atom. The second-order valence-corrected chi connectivity index (χ2v) is 9.93. The van der Waals surface area contributed by atoms with Crippen molar-refractivity contribution in [1.29, 1.82) is 0 Å². The second-order valence-electron chi connectivity index (χ2n) is 7.58. The molecule has 3 unspecified atom stereocenters. The van der Waals surface area contributed by atoms with Gasteiger partial charge in [-0.15, -0.1) is 0 Å².